The van der Waals surface area contributed by atoms with Gasteiger partial charge >= 0.3 is 0 Å². The maximum atomic E-state index is 13.6. The molecule has 6 nitrogen and oxygen atoms in total. The minimum atomic E-state index is -0.954. The van der Waals surface area contributed by atoms with Crippen LogP contribution in [0.25, 0.3) is 5.76 Å². The van der Waals surface area contributed by atoms with Crippen LogP contribution in [-0.4, -0.2) is 31.0 Å². The van der Waals surface area contributed by atoms with Gasteiger partial charge in [-0.15, -0.1) is 0 Å². The Balaban J connectivity index is 1.92. The van der Waals surface area contributed by atoms with Gasteiger partial charge in [-0.3, -0.25) is 14.5 Å². The van der Waals surface area contributed by atoms with E-state index in [9.17, 15) is 19.1 Å². The molecule has 1 heterocycles. The Labute approximate surface area is 184 Å². The maximum absolute atomic E-state index is 13.6. The van der Waals surface area contributed by atoms with Gasteiger partial charge in [-0.05, 0) is 54.1 Å². The molecule has 1 atom stereocenters. The molecule has 0 spiro atoms. The van der Waals surface area contributed by atoms with Crippen LogP contribution in [0.1, 0.15) is 17.2 Å². The molecule has 0 aliphatic carbocycles. The summed E-state index contributed by atoms with van der Waals surface area (Å²) >= 11 is 0. The summed E-state index contributed by atoms with van der Waals surface area (Å²) in [6.07, 6.45) is 0. The number of methoxy groups -OCH3 is 2. The van der Waals surface area contributed by atoms with E-state index in [2.05, 4.69) is 0 Å². The number of anilines is 1. The summed E-state index contributed by atoms with van der Waals surface area (Å²) in [6.45, 7) is 0. The van der Waals surface area contributed by atoms with E-state index in [1.807, 2.05) is 0 Å². The lowest BCUT2D eigenvalue weighted by Crippen LogP contribution is -2.29. The van der Waals surface area contributed by atoms with E-state index in [1.54, 1.807) is 48.5 Å². The van der Waals surface area contributed by atoms with E-state index >= 15 is 0 Å². The zero-order valence-corrected chi connectivity index (χ0v) is 17.4. The molecule has 0 bridgehead atoms. The molecule has 1 amide bonds. The first-order chi connectivity index (χ1) is 15.4. The van der Waals surface area contributed by atoms with Gasteiger partial charge in [0.25, 0.3) is 11.7 Å². The van der Waals surface area contributed by atoms with Gasteiger partial charge in [-0.25, -0.2) is 4.39 Å². The molecule has 1 fully saturated rings. The Morgan fingerprint density at radius 1 is 0.906 bits per heavy atom. The van der Waals surface area contributed by atoms with Crippen LogP contribution in [0.4, 0.5) is 10.1 Å². The smallest absolute Gasteiger partial charge is 0.300 e. The van der Waals surface area contributed by atoms with E-state index in [0.717, 1.165) is 0 Å². The molecule has 0 saturated carbocycles. The number of nitrogens with zero attached hydrogens (tertiary/aromatic N) is 1. The number of ether oxygens (including phenoxy) is 2. The van der Waals surface area contributed by atoms with Crippen molar-refractivity contribution in [3.05, 3.63) is 95.3 Å². The Kier molecular flexibility index (Phi) is 5.64. The van der Waals surface area contributed by atoms with Crippen molar-refractivity contribution >= 4 is 23.1 Å². The monoisotopic (exact) mass is 433 g/mol. The van der Waals surface area contributed by atoms with Crippen LogP contribution in [0.5, 0.6) is 11.5 Å². The molecular weight excluding hydrogens is 413 g/mol. The minimum Gasteiger partial charge on any atom is -0.507 e. The number of halogens is 1. The number of hydrogen-bond acceptors (Lipinski definition) is 5. The lowest BCUT2D eigenvalue weighted by atomic mass is 9.95. The average molecular weight is 433 g/mol. The van der Waals surface area contributed by atoms with Gasteiger partial charge in [0, 0.05) is 17.3 Å². The van der Waals surface area contributed by atoms with Crippen LogP contribution in [0.3, 0.4) is 0 Å². The topological polar surface area (TPSA) is 76.1 Å². The number of amides is 1. The molecule has 1 aliphatic rings. The summed E-state index contributed by atoms with van der Waals surface area (Å²) in [6, 6.07) is 17.7. The lowest BCUT2D eigenvalue weighted by molar-refractivity contribution is -0.132. The van der Waals surface area contributed by atoms with Crippen molar-refractivity contribution in [2.24, 2.45) is 0 Å². The SMILES string of the molecule is COc1ccc(/C(O)=C2\C(=O)C(=O)N(c3cccc(OC)c3)C2c2ccc(F)cc2)cc1. The molecule has 3 aromatic rings. The van der Waals surface area contributed by atoms with Gasteiger partial charge in [-0.2, -0.15) is 0 Å². The highest BCUT2D eigenvalue weighted by atomic mass is 19.1. The number of rotatable bonds is 5. The summed E-state index contributed by atoms with van der Waals surface area (Å²) in [4.78, 5) is 27.5. The lowest BCUT2D eigenvalue weighted by Gasteiger charge is -2.25. The molecule has 1 unspecified atom stereocenters. The van der Waals surface area contributed by atoms with Crippen LogP contribution < -0.4 is 14.4 Å². The predicted molar refractivity (Wildman–Crippen MR) is 117 cm³/mol. The summed E-state index contributed by atoms with van der Waals surface area (Å²) in [5.74, 6) is -1.35. The maximum Gasteiger partial charge on any atom is 0.300 e. The van der Waals surface area contributed by atoms with Gasteiger partial charge in [0.05, 0.1) is 25.8 Å². The number of aliphatic hydroxyl groups excluding tert-OH is 1. The number of benzene rings is 3. The van der Waals surface area contributed by atoms with Crippen LogP contribution in [0.2, 0.25) is 0 Å². The summed E-state index contributed by atoms with van der Waals surface area (Å²) < 4.78 is 24.0. The molecule has 162 valence electrons. The van der Waals surface area contributed by atoms with E-state index in [4.69, 9.17) is 9.47 Å². The average Bonchev–Trinajstić information content (AvgIpc) is 3.09. The molecule has 1 N–H and O–H groups in total. The van der Waals surface area contributed by atoms with Gasteiger partial charge in [0.2, 0.25) is 0 Å². The van der Waals surface area contributed by atoms with Crippen molar-refractivity contribution in [3.63, 3.8) is 0 Å². The standard InChI is InChI=1S/C25H20FNO5/c1-31-19-12-8-16(9-13-19)23(28)21-22(15-6-10-17(26)11-7-15)27(25(30)24(21)29)18-4-3-5-20(14-18)32-2/h3-14,22,28H,1-2H3/b23-21+. The Morgan fingerprint density at radius 2 is 1.56 bits per heavy atom. The molecule has 7 heteroatoms. The third-order valence-electron chi connectivity index (χ3n) is 5.33. The zero-order chi connectivity index (χ0) is 22.8. The number of carbonyl (C=O) groups excluding carboxylic acids is 2. The van der Waals surface area contributed by atoms with Crippen LogP contribution in [0, 0.1) is 5.82 Å². The highest BCUT2D eigenvalue weighted by molar-refractivity contribution is 6.51. The fourth-order valence-electron chi connectivity index (χ4n) is 3.72. The number of aliphatic hydroxyl groups is 1. The second-order valence-electron chi connectivity index (χ2n) is 7.15. The normalized spacial score (nSPS) is 17.5. The van der Waals surface area contributed by atoms with Crippen molar-refractivity contribution in [3.8, 4) is 11.5 Å². The fraction of sp³-hybridized carbons (Fsp3) is 0.120. The first kappa shape index (κ1) is 21.1. The van der Waals surface area contributed by atoms with E-state index in [-0.39, 0.29) is 11.3 Å². The first-order valence-corrected chi connectivity index (χ1v) is 9.79. The third kappa shape index (κ3) is 3.69. The van der Waals surface area contributed by atoms with Gasteiger partial charge in [-0.1, -0.05) is 18.2 Å². The van der Waals surface area contributed by atoms with Crippen molar-refractivity contribution < 1.29 is 28.6 Å². The molecule has 3 aromatic carbocycles. The summed E-state index contributed by atoms with van der Waals surface area (Å²) in [5, 5.41) is 11.1. The number of Topliss-reactive ketones (excluding diaryl/α,β-unsaturated/α-hetero) is 1. The largest absolute Gasteiger partial charge is 0.507 e. The summed E-state index contributed by atoms with van der Waals surface area (Å²) in [5.41, 5.74) is 1.15. The molecule has 0 radical (unpaired) electrons. The number of hydrogen-bond donors (Lipinski definition) is 1. The molecule has 1 saturated heterocycles. The predicted octanol–water partition coefficient (Wildman–Crippen LogP) is 4.47. The molecule has 1 aliphatic heterocycles. The number of carbonyl (C=O) groups is 2. The second-order valence-corrected chi connectivity index (χ2v) is 7.15. The Morgan fingerprint density at radius 3 is 2.19 bits per heavy atom. The summed E-state index contributed by atoms with van der Waals surface area (Å²) in [7, 11) is 3.01. The molecular formula is C25H20FNO5. The van der Waals surface area contributed by atoms with E-state index in [1.165, 1.54) is 43.4 Å². The quantitative estimate of drug-likeness (QED) is 0.365. The number of ketones is 1. The molecule has 4 rings (SSSR count). The van der Waals surface area contributed by atoms with Crippen LogP contribution in [0.15, 0.2) is 78.4 Å². The second kappa shape index (κ2) is 8.55. The highest BCUT2D eigenvalue weighted by Crippen LogP contribution is 2.42. The first-order valence-electron chi connectivity index (χ1n) is 9.79. The van der Waals surface area contributed by atoms with Gasteiger partial charge in [0.15, 0.2) is 0 Å². The van der Waals surface area contributed by atoms with Crippen molar-refractivity contribution in [1.82, 2.24) is 0 Å². The van der Waals surface area contributed by atoms with Crippen LogP contribution >= 0.6 is 0 Å². The fourth-order valence-corrected chi connectivity index (χ4v) is 3.72. The van der Waals surface area contributed by atoms with Crippen LogP contribution in [-0.2, 0) is 9.59 Å². The zero-order valence-electron chi connectivity index (χ0n) is 17.4. The molecule has 32 heavy (non-hydrogen) atoms. The minimum absolute atomic E-state index is 0.0883. The van der Waals surface area contributed by atoms with Gasteiger partial charge < -0.3 is 14.6 Å². The van der Waals surface area contributed by atoms with Crippen molar-refractivity contribution in [2.75, 3.05) is 19.1 Å². The van der Waals surface area contributed by atoms with E-state index < -0.39 is 23.5 Å². The molecule has 0 aromatic heterocycles. The Hall–Kier alpha value is -4.13. The van der Waals surface area contributed by atoms with Gasteiger partial charge in [0.1, 0.15) is 23.1 Å². The van der Waals surface area contributed by atoms with Crippen molar-refractivity contribution in [2.45, 2.75) is 6.04 Å². The third-order valence-corrected chi connectivity index (χ3v) is 5.33. The van der Waals surface area contributed by atoms with Crippen molar-refractivity contribution in [1.29, 1.82) is 0 Å². The highest BCUT2D eigenvalue weighted by Gasteiger charge is 2.47. The van der Waals surface area contributed by atoms with E-state index in [0.29, 0.717) is 28.3 Å². The Bertz CT molecular complexity index is 1200.